The number of rotatable bonds is 2. The van der Waals surface area contributed by atoms with Crippen LogP contribution in [0.25, 0.3) is 0 Å². The molecule has 6 heteroatoms. The summed E-state index contributed by atoms with van der Waals surface area (Å²) in [6.45, 7) is 0. The first kappa shape index (κ1) is 13.0. The van der Waals surface area contributed by atoms with Gasteiger partial charge in [-0.2, -0.15) is 0 Å². The highest BCUT2D eigenvalue weighted by Gasteiger charge is 2.19. The number of carbonyl (C=O) groups excluding carboxylic acids is 1. The Bertz CT molecular complexity index is 597. The van der Waals surface area contributed by atoms with Crippen LogP contribution in [0.3, 0.4) is 0 Å². The van der Waals surface area contributed by atoms with Crippen molar-refractivity contribution in [1.29, 1.82) is 0 Å². The minimum atomic E-state index is -0.726. The molecule has 0 atom stereocenters. The maximum Gasteiger partial charge on any atom is 0.205 e. The van der Waals surface area contributed by atoms with Gasteiger partial charge in [0.25, 0.3) is 0 Å². The molecule has 0 fully saturated rings. The lowest BCUT2D eigenvalue weighted by Crippen LogP contribution is -2.02. The molecule has 2 aromatic rings. The van der Waals surface area contributed by atoms with E-state index in [1.165, 1.54) is 12.1 Å². The van der Waals surface area contributed by atoms with Gasteiger partial charge in [-0.05, 0) is 40.2 Å². The lowest BCUT2D eigenvalue weighted by Gasteiger charge is -2.03. The van der Waals surface area contributed by atoms with Crippen LogP contribution in [0, 0.1) is 5.82 Å². The van der Waals surface area contributed by atoms with Crippen molar-refractivity contribution in [1.82, 2.24) is 0 Å². The second kappa shape index (κ2) is 5.06. The van der Waals surface area contributed by atoms with Crippen LogP contribution >= 0.6 is 50.5 Å². The molecular weight excluding hydrogens is 350 g/mol. The number of ketones is 1. The van der Waals surface area contributed by atoms with Gasteiger partial charge in [0.1, 0.15) is 0 Å². The zero-order valence-electron chi connectivity index (χ0n) is 8.14. The lowest BCUT2D eigenvalue weighted by molar-refractivity contribution is 0.103. The highest BCUT2D eigenvalue weighted by Crippen LogP contribution is 2.30. The number of hydrogen-bond donors (Lipinski definition) is 0. The van der Waals surface area contributed by atoms with Crippen molar-refractivity contribution in [2.45, 2.75) is 0 Å². The molecule has 1 nitrogen and oxygen atoms in total. The number of thiophene rings is 1. The normalized spacial score (nSPS) is 10.6. The molecule has 0 aliphatic rings. The van der Waals surface area contributed by atoms with Crippen molar-refractivity contribution in [2.24, 2.45) is 0 Å². The molecule has 0 bridgehead atoms. The van der Waals surface area contributed by atoms with Gasteiger partial charge in [-0.15, -0.1) is 11.3 Å². The first-order chi connectivity index (χ1) is 8.00. The minimum Gasteiger partial charge on any atom is -0.288 e. The van der Waals surface area contributed by atoms with E-state index in [1.807, 2.05) is 0 Å². The standard InChI is InChI=1S/C11H4BrCl2FOS/c12-6-2-1-5(10(15)9(6)14)11(16)7-3-4-8(13)17-7/h1-4H. The second-order valence-electron chi connectivity index (χ2n) is 3.16. The third-order valence-corrected chi connectivity index (χ3v) is 4.57. The largest absolute Gasteiger partial charge is 0.288 e. The third kappa shape index (κ3) is 2.55. The van der Waals surface area contributed by atoms with Gasteiger partial charge in [-0.25, -0.2) is 4.39 Å². The summed E-state index contributed by atoms with van der Waals surface area (Å²) in [5.41, 5.74) is -0.0586. The predicted molar refractivity (Wildman–Crippen MR) is 71.9 cm³/mol. The van der Waals surface area contributed by atoms with Gasteiger partial charge < -0.3 is 0 Å². The Hall–Kier alpha value is -0.420. The molecule has 0 N–H and O–H groups in total. The molecule has 1 aromatic heterocycles. The summed E-state index contributed by atoms with van der Waals surface area (Å²) in [6, 6.07) is 6.08. The van der Waals surface area contributed by atoms with E-state index >= 15 is 0 Å². The predicted octanol–water partition coefficient (Wildman–Crippen LogP) is 5.19. The molecule has 0 aliphatic heterocycles. The van der Waals surface area contributed by atoms with E-state index in [9.17, 15) is 9.18 Å². The van der Waals surface area contributed by atoms with Gasteiger partial charge in [0.15, 0.2) is 5.82 Å². The van der Waals surface area contributed by atoms with Crippen LogP contribution in [0.5, 0.6) is 0 Å². The van der Waals surface area contributed by atoms with Crippen molar-refractivity contribution < 1.29 is 9.18 Å². The van der Waals surface area contributed by atoms with Crippen LogP contribution in [0.2, 0.25) is 9.36 Å². The van der Waals surface area contributed by atoms with Gasteiger partial charge in [0.2, 0.25) is 5.78 Å². The molecule has 0 spiro atoms. The molecule has 0 saturated carbocycles. The van der Waals surface area contributed by atoms with Gasteiger partial charge in [-0.3, -0.25) is 4.79 Å². The molecule has 1 heterocycles. The molecule has 0 saturated heterocycles. The fraction of sp³-hybridized carbons (Fsp3) is 0. The molecule has 88 valence electrons. The Morgan fingerprint density at radius 2 is 1.94 bits per heavy atom. The maximum absolute atomic E-state index is 13.8. The van der Waals surface area contributed by atoms with Crippen LogP contribution < -0.4 is 0 Å². The van der Waals surface area contributed by atoms with Crippen LogP contribution in [-0.4, -0.2) is 5.78 Å². The average molecular weight is 354 g/mol. The second-order valence-corrected chi connectivity index (χ2v) is 6.10. The van der Waals surface area contributed by atoms with Crippen LogP contribution in [0.1, 0.15) is 15.2 Å². The van der Waals surface area contributed by atoms with Crippen molar-refractivity contribution in [3.05, 3.63) is 54.4 Å². The molecule has 2 rings (SSSR count). The number of carbonyl (C=O) groups is 1. The summed E-state index contributed by atoms with van der Waals surface area (Å²) < 4.78 is 14.7. The molecular formula is C11H4BrCl2FOS. The Labute approximate surface area is 119 Å². The first-order valence-corrected chi connectivity index (χ1v) is 6.81. The van der Waals surface area contributed by atoms with Crippen molar-refractivity contribution in [3.63, 3.8) is 0 Å². The molecule has 0 radical (unpaired) electrons. The Balaban J connectivity index is 2.48. The summed E-state index contributed by atoms with van der Waals surface area (Å²) in [7, 11) is 0. The first-order valence-electron chi connectivity index (χ1n) is 4.44. The highest BCUT2D eigenvalue weighted by molar-refractivity contribution is 9.10. The van der Waals surface area contributed by atoms with Crippen LogP contribution in [0.4, 0.5) is 4.39 Å². The fourth-order valence-electron chi connectivity index (χ4n) is 1.27. The summed E-state index contributed by atoms with van der Waals surface area (Å²) in [4.78, 5) is 12.4. The van der Waals surface area contributed by atoms with Crippen molar-refractivity contribution >= 4 is 56.3 Å². The van der Waals surface area contributed by atoms with E-state index < -0.39 is 11.6 Å². The Morgan fingerprint density at radius 3 is 2.53 bits per heavy atom. The van der Waals surface area contributed by atoms with E-state index in [-0.39, 0.29) is 10.6 Å². The van der Waals surface area contributed by atoms with Crippen molar-refractivity contribution in [2.75, 3.05) is 0 Å². The SMILES string of the molecule is O=C(c1ccc(Cl)s1)c1ccc(Br)c(Cl)c1F. The highest BCUT2D eigenvalue weighted by atomic mass is 79.9. The van der Waals surface area contributed by atoms with Gasteiger partial charge in [-0.1, -0.05) is 23.2 Å². The zero-order chi connectivity index (χ0) is 12.6. The number of halogens is 4. The van der Waals surface area contributed by atoms with E-state index in [2.05, 4.69) is 15.9 Å². The van der Waals surface area contributed by atoms with Crippen molar-refractivity contribution in [3.8, 4) is 0 Å². The molecule has 17 heavy (non-hydrogen) atoms. The quantitative estimate of drug-likeness (QED) is 0.536. The minimum absolute atomic E-state index is 0.0586. The van der Waals surface area contributed by atoms with E-state index in [1.54, 1.807) is 12.1 Å². The fourth-order valence-corrected chi connectivity index (χ4v) is 2.74. The van der Waals surface area contributed by atoms with E-state index in [4.69, 9.17) is 23.2 Å². The van der Waals surface area contributed by atoms with Gasteiger partial charge in [0, 0.05) is 4.47 Å². The monoisotopic (exact) mass is 352 g/mol. The topological polar surface area (TPSA) is 17.1 Å². The smallest absolute Gasteiger partial charge is 0.205 e. The summed E-state index contributed by atoms with van der Waals surface area (Å²) in [5.74, 6) is -1.15. The summed E-state index contributed by atoms with van der Waals surface area (Å²) in [5, 5.41) is -0.0986. The van der Waals surface area contributed by atoms with Gasteiger partial charge >= 0.3 is 0 Å². The third-order valence-electron chi connectivity index (χ3n) is 2.08. The number of benzene rings is 1. The summed E-state index contributed by atoms with van der Waals surface area (Å²) in [6.07, 6.45) is 0. The van der Waals surface area contributed by atoms with Gasteiger partial charge in [0.05, 0.1) is 19.8 Å². The summed E-state index contributed by atoms with van der Waals surface area (Å²) >= 11 is 15.6. The number of hydrogen-bond acceptors (Lipinski definition) is 2. The molecule has 0 unspecified atom stereocenters. The Kier molecular flexibility index (Phi) is 3.88. The zero-order valence-corrected chi connectivity index (χ0v) is 12.1. The molecule has 0 amide bonds. The van der Waals surface area contributed by atoms with E-state index in [0.717, 1.165) is 11.3 Å². The Morgan fingerprint density at radius 1 is 1.24 bits per heavy atom. The van der Waals surface area contributed by atoms with Crippen LogP contribution in [-0.2, 0) is 0 Å². The average Bonchev–Trinajstić information content (AvgIpc) is 2.72. The van der Waals surface area contributed by atoms with Crippen LogP contribution in [0.15, 0.2) is 28.7 Å². The maximum atomic E-state index is 13.8. The molecule has 1 aromatic carbocycles. The molecule has 0 aliphatic carbocycles. The van der Waals surface area contributed by atoms with E-state index in [0.29, 0.717) is 13.7 Å². The lowest BCUT2D eigenvalue weighted by atomic mass is 10.1.